The molecular formula is C17H19BrCl2N4O. The molecular weight excluding hydrogens is 427 g/mol. The molecule has 25 heavy (non-hydrogen) atoms. The molecule has 1 atom stereocenters. The summed E-state index contributed by atoms with van der Waals surface area (Å²) in [5.74, 6) is 0.102. The summed E-state index contributed by atoms with van der Waals surface area (Å²) >= 11 is 15.4. The third-order valence-corrected chi connectivity index (χ3v) is 5.55. The van der Waals surface area contributed by atoms with Gasteiger partial charge in [-0.25, -0.2) is 0 Å². The van der Waals surface area contributed by atoms with Crippen LogP contribution < -0.4 is 0 Å². The van der Waals surface area contributed by atoms with Crippen LogP contribution in [0.2, 0.25) is 10.0 Å². The van der Waals surface area contributed by atoms with E-state index in [1.807, 2.05) is 36.2 Å². The first kappa shape index (κ1) is 18.7. The van der Waals surface area contributed by atoms with E-state index in [1.54, 1.807) is 10.9 Å². The number of piperazine rings is 1. The highest BCUT2D eigenvalue weighted by atomic mass is 79.9. The van der Waals surface area contributed by atoms with Gasteiger partial charge in [0.2, 0.25) is 5.91 Å². The van der Waals surface area contributed by atoms with E-state index in [4.69, 9.17) is 23.2 Å². The van der Waals surface area contributed by atoms with Gasteiger partial charge in [-0.15, -0.1) is 0 Å². The van der Waals surface area contributed by atoms with Gasteiger partial charge in [0, 0.05) is 38.9 Å². The summed E-state index contributed by atoms with van der Waals surface area (Å²) < 4.78 is 2.56. The minimum Gasteiger partial charge on any atom is -0.338 e. The maximum absolute atomic E-state index is 12.7. The summed E-state index contributed by atoms with van der Waals surface area (Å²) in [5, 5.41) is 5.35. The quantitative estimate of drug-likeness (QED) is 0.717. The fourth-order valence-electron chi connectivity index (χ4n) is 2.93. The van der Waals surface area contributed by atoms with E-state index >= 15 is 0 Å². The molecule has 1 unspecified atom stereocenters. The van der Waals surface area contributed by atoms with Crippen LogP contribution in [-0.4, -0.2) is 51.7 Å². The van der Waals surface area contributed by atoms with Crippen molar-refractivity contribution in [2.24, 2.45) is 0 Å². The van der Waals surface area contributed by atoms with Crippen LogP contribution in [0, 0.1) is 0 Å². The van der Waals surface area contributed by atoms with Crippen LogP contribution in [0.4, 0.5) is 0 Å². The number of hydrogen-bond acceptors (Lipinski definition) is 3. The number of amides is 1. The monoisotopic (exact) mass is 444 g/mol. The van der Waals surface area contributed by atoms with Crippen LogP contribution in [0.15, 0.2) is 35.1 Å². The van der Waals surface area contributed by atoms with Gasteiger partial charge in [-0.3, -0.25) is 14.4 Å². The Bertz CT molecular complexity index is 759. The van der Waals surface area contributed by atoms with Crippen molar-refractivity contribution in [2.45, 2.75) is 19.5 Å². The van der Waals surface area contributed by atoms with Gasteiger partial charge >= 0.3 is 0 Å². The lowest BCUT2D eigenvalue weighted by molar-refractivity contribution is -0.136. The van der Waals surface area contributed by atoms with Gasteiger partial charge < -0.3 is 4.90 Å². The average Bonchev–Trinajstić information content (AvgIpc) is 3.04. The average molecular weight is 446 g/mol. The second kappa shape index (κ2) is 8.08. The summed E-state index contributed by atoms with van der Waals surface area (Å²) in [7, 11) is 0. The first-order valence-electron chi connectivity index (χ1n) is 8.09. The largest absolute Gasteiger partial charge is 0.338 e. The molecule has 0 aliphatic carbocycles. The lowest BCUT2D eigenvalue weighted by atomic mass is 10.2. The van der Waals surface area contributed by atoms with Crippen LogP contribution in [0.5, 0.6) is 0 Å². The van der Waals surface area contributed by atoms with Crippen LogP contribution in [0.3, 0.4) is 0 Å². The highest BCUT2D eigenvalue weighted by Crippen LogP contribution is 2.23. The second-order valence-corrected chi connectivity index (χ2v) is 7.89. The third-order valence-electron chi connectivity index (χ3n) is 4.40. The predicted octanol–water partition coefficient (Wildman–Crippen LogP) is 3.86. The van der Waals surface area contributed by atoms with Crippen molar-refractivity contribution in [1.29, 1.82) is 0 Å². The summed E-state index contributed by atoms with van der Waals surface area (Å²) in [6.45, 7) is 5.79. The Balaban J connectivity index is 1.54. The third kappa shape index (κ3) is 4.56. The fourth-order valence-corrected chi connectivity index (χ4v) is 3.55. The molecule has 2 aromatic rings. The minimum atomic E-state index is -0.298. The van der Waals surface area contributed by atoms with Gasteiger partial charge in [0.1, 0.15) is 6.04 Å². The second-order valence-electron chi connectivity index (χ2n) is 6.16. The molecule has 1 fully saturated rings. The van der Waals surface area contributed by atoms with Crippen LogP contribution in [0.1, 0.15) is 18.5 Å². The Hall–Kier alpha value is -1.08. The number of halogens is 3. The van der Waals surface area contributed by atoms with Gasteiger partial charge in [-0.2, -0.15) is 5.10 Å². The van der Waals surface area contributed by atoms with Crippen molar-refractivity contribution in [3.63, 3.8) is 0 Å². The van der Waals surface area contributed by atoms with Crippen molar-refractivity contribution >= 4 is 45.0 Å². The normalized spacial score (nSPS) is 16.9. The predicted molar refractivity (Wildman–Crippen MR) is 103 cm³/mol. The van der Waals surface area contributed by atoms with E-state index in [0.29, 0.717) is 23.1 Å². The van der Waals surface area contributed by atoms with Gasteiger partial charge in [-0.1, -0.05) is 29.3 Å². The molecule has 1 aliphatic heterocycles. The molecule has 0 saturated carbocycles. The highest BCUT2D eigenvalue weighted by Gasteiger charge is 2.26. The Kier molecular flexibility index (Phi) is 6.04. The molecule has 0 bridgehead atoms. The van der Waals surface area contributed by atoms with E-state index in [0.717, 1.165) is 29.7 Å². The van der Waals surface area contributed by atoms with Crippen molar-refractivity contribution in [1.82, 2.24) is 19.6 Å². The maximum atomic E-state index is 12.7. The van der Waals surface area contributed by atoms with Gasteiger partial charge in [-0.05, 0) is 40.5 Å². The number of nitrogens with zero attached hydrogens (tertiary/aromatic N) is 4. The SMILES string of the molecule is CC(C(=O)N1CCN(Cc2ccc(Cl)c(Cl)c2)CC1)n1cc(Br)cn1. The van der Waals surface area contributed by atoms with Crippen molar-refractivity contribution < 1.29 is 4.79 Å². The summed E-state index contributed by atoms with van der Waals surface area (Å²) in [4.78, 5) is 16.9. The molecule has 0 N–H and O–H groups in total. The molecule has 0 radical (unpaired) electrons. The van der Waals surface area contributed by atoms with Crippen molar-refractivity contribution in [3.05, 3.63) is 50.7 Å². The Morgan fingerprint density at radius 1 is 1.24 bits per heavy atom. The maximum Gasteiger partial charge on any atom is 0.247 e. The zero-order valence-electron chi connectivity index (χ0n) is 13.8. The fraction of sp³-hybridized carbons (Fsp3) is 0.412. The van der Waals surface area contributed by atoms with Gasteiger partial charge in [0.15, 0.2) is 0 Å². The number of aromatic nitrogens is 2. The molecule has 8 heteroatoms. The van der Waals surface area contributed by atoms with E-state index in [2.05, 4.69) is 25.9 Å². The molecule has 0 spiro atoms. The summed E-state index contributed by atoms with van der Waals surface area (Å²) in [6, 6.07) is 5.42. The van der Waals surface area contributed by atoms with E-state index < -0.39 is 0 Å². The standard InChI is InChI=1S/C17H19BrCl2N4O/c1-12(24-11-14(18)9-21-24)17(25)23-6-4-22(5-7-23)10-13-2-3-15(19)16(20)8-13/h2-3,8-9,11-12H,4-7,10H2,1H3. The van der Waals surface area contributed by atoms with E-state index in [1.165, 1.54) is 0 Å². The Morgan fingerprint density at radius 2 is 1.96 bits per heavy atom. The molecule has 5 nitrogen and oxygen atoms in total. The summed E-state index contributed by atoms with van der Waals surface area (Å²) in [6.07, 6.45) is 3.52. The first-order chi connectivity index (χ1) is 11.9. The molecule has 1 aromatic heterocycles. The molecule has 1 amide bonds. The lowest BCUT2D eigenvalue weighted by Gasteiger charge is -2.36. The number of benzene rings is 1. The first-order valence-corrected chi connectivity index (χ1v) is 9.63. The van der Waals surface area contributed by atoms with E-state index in [-0.39, 0.29) is 11.9 Å². The highest BCUT2D eigenvalue weighted by molar-refractivity contribution is 9.10. The summed E-state index contributed by atoms with van der Waals surface area (Å²) in [5.41, 5.74) is 1.13. The van der Waals surface area contributed by atoms with Crippen LogP contribution >= 0.6 is 39.1 Å². The molecule has 2 heterocycles. The number of hydrogen-bond donors (Lipinski definition) is 0. The zero-order chi connectivity index (χ0) is 18.0. The molecule has 134 valence electrons. The zero-order valence-corrected chi connectivity index (χ0v) is 16.9. The van der Waals surface area contributed by atoms with Crippen molar-refractivity contribution in [3.8, 4) is 0 Å². The number of rotatable bonds is 4. The number of carbonyl (C=O) groups is 1. The van der Waals surface area contributed by atoms with E-state index in [9.17, 15) is 4.79 Å². The van der Waals surface area contributed by atoms with Gasteiger partial charge in [0.05, 0.1) is 20.7 Å². The molecule has 1 aliphatic rings. The lowest BCUT2D eigenvalue weighted by Crippen LogP contribution is -2.49. The molecule has 3 rings (SSSR count). The Morgan fingerprint density at radius 3 is 2.56 bits per heavy atom. The Labute approximate surface area is 165 Å². The van der Waals surface area contributed by atoms with Crippen LogP contribution in [0.25, 0.3) is 0 Å². The van der Waals surface area contributed by atoms with Crippen LogP contribution in [-0.2, 0) is 11.3 Å². The minimum absolute atomic E-state index is 0.102. The number of carbonyl (C=O) groups excluding carboxylic acids is 1. The smallest absolute Gasteiger partial charge is 0.247 e. The topological polar surface area (TPSA) is 41.4 Å². The molecule has 1 saturated heterocycles. The van der Waals surface area contributed by atoms with Gasteiger partial charge in [0.25, 0.3) is 0 Å². The molecule has 1 aromatic carbocycles. The van der Waals surface area contributed by atoms with Crippen molar-refractivity contribution in [2.75, 3.05) is 26.2 Å².